The Balaban J connectivity index is 0.000000470. The summed E-state index contributed by atoms with van der Waals surface area (Å²) in [5.41, 5.74) is 0.192. The second-order valence-electron chi connectivity index (χ2n) is 12.2. The Hall–Kier alpha value is -2.77. The van der Waals surface area contributed by atoms with E-state index in [-0.39, 0.29) is 43.1 Å². The minimum absolute atomic E-state index is 0. The summed E-state index contributed by atoms with van der Waals surface area (Å²) in [6.07, 6.45) is 2.31. The molecule has 2 aliphatic heterocycles. The zero-order valence-electron chi connectivity index (χ0n) is 27.9. The number of carbonyl (C=O) groups is 3. The van der Waals surface area contributed by atoms with Gasteiger partial charge in [0.25, 0.3) is 0 Å². The highest BCUT2D eigenvalue weighted by atomic mass is 35.5. The molecule has 2 aromatic heterocycles. The third kappa shape index (κ3) is 13.3. The van der Waals surface area contributed by atoms with Crippen LogP contribution in [0.1, 0.15) is 69.2 Å². The number of carbonyl (C=O) groups excluding carboxylic acids is 3. The lowest BCUT2D eigenvalue weighted by atomic mass is 10.2. The molecule has 0 aromatic carbocycles. The predicted octanol–water partition coefficient (Wildman–Crippen LogP) is 5.91. The number of nitrogens with zero attached hydrogens (tertiary/aromatic N) is 5. The molecular weight excluding hydrogens is 694 g/mol. The summed E-state index contributed by atoms with van der Waals surface area (Å²) in [6, 6.07) is 3.19. The molecule has 0 radical (unpaired) electrons. The zero-order chi connectivity index (χ0) is 33.3. The monoisotopic (exact) mass is 738 g/mol. The molecule has 0 aliphatic carbocycles. The number of aromatic nitrogens is 2. The number of anilines is 2. The molecule has 2 aliphatic rings. The van der Waals surface area contributed by atoms with Crippen LogP contribution in [0, 0.1) is 0 Å². The van der Waals surface area contributed by atoms with Crippen LogP contribution in [0.25, 0.3) is 0 Å². The summed E-state index contributed by atoms with van der Waals surface area (Å²) in [5, 5.41) is 4.14. The minimum atomic E-state index is -0.514. The van der Waals surface area contributed by atoms with Crippen molar-refractivity contribution in [1.29, 1.82) is 0 Å². The van der Waals surface area contributed by atoms with Gasteiger partial charge < -0.3 is 34.2 Å². The lowest BCUT2D eigenvalue weighted by Gasteiger charge is -2.36. The number of ether oxygens (including phenoxy) is 3. The second-order valence-corrected chi connectivity index (χ2v) is 13.0. The summed E-state index contributed by atoms with van der Waals surface area (Å²) >= 11 is 12.5. The van der Waals surface area contributed by atoms with E-state index in [1.807, 2.05) is 39.5 Å². The Labute approximate surface area is 299 Å². The maximum absolute atomic E-state index is 12.1. The Kier molecular flexibility index (Phi) is 17.3. The van der Waals surface area contributed by atoms with E-state index in [0.717, 1.165) is 32.0 Å². The molecule has 2 fully saturated rings. The van der Waals surface area contributed by atoms with E-state index >= 15 is 0 Å². The van der Waals surface area contributed by atoms with Crippen LogP contribution in [0.5, 0.6) is 0 Å². The molecule has 264 valence electrons. The van der Waals surface area contributed by atoms with Gasteiger partial charge in [0, 0.05) is 64.8 Å². The molecule has 2 aromatic rings. The number of nitrogens with one attached hydrogen (secondary N) is 1. The molecular formula is C31H46Cl4N6O6. The molecule has 0 bridgehead atoms. The number of pyridine rings is 2. The quantitative estimate of drug-likeness (QED) is 0.281. The van der Waals surface area contributed by atoms with Gasteiger partial charge in [-0.25, -0.2) is 24.4 Å². The fourth-order valence-corrected chi connectivity index (χ4v) is 4.99. The maximum atomic E-state index is 12.1. The Morgan fingerprint density at radius 3 is 1.51 bits per heavy atom. The molecule has 12 nitrogen and oxygen atoms in total. The highest BCUT2D eigenvalue weighted by Crippen LogP contribution is 2.27. The smallest absolute Gasteiger partial charge is 0.410 e. The fourth-order valence-electron chi connectivity index (χ4n) is 4.42. The van der Waals surface area contributed by atoms with E-state index in [4.69, 9.17) is 37.4 Å². The molecule has 4 rings (SSSR count). The molecule has 0 unspecified atom stereocenters. The van der Waals surface area contributed by atoms with Crippen molar-refractivity contribution < 1.29 is 28.6 Å². The normalized spacial score (nSPS) is 14.7. The molecule has 0 atom stereocenters. The van der Waals surface area contributed by atoms with Gasteiger partial charge in [-0.15, -0.1) is 24.8 Å². The van der Waals surface area contributed by atoms with E-state index in [1.165, 1.54) is 12.4 Å². The Bertz CT molecular complexity index is 1330. The van der Waals surface area contributed by atoms with Crippen LogP contribution in [0.15, 0.2) is 24.5 Å². The van der Waals surface area contributed by atoms with Gasteiger partial charge in [-0.2, -0.15) is 0 Å². The predicted molar refractivity (Wildman–Crippen MR) is 189 cm³/mol. The first kappa shape index (κ1) is 42.3. The molecule has 16 heteroatoms. The Morgan fingerprint density at radius 2 is 1.15 bits per heavy atom. The summed E-state index contributed by atoms with van der Waals surface area (Å²) < 4.78 is 15.7. The average molecular weight is 741 g/mol. The molecule has 47 heavy (non-hydrogen) atoms. The largest absolute Gasteiger partial charge is 0.459 e. The van der Waals surface area contributed by atoms with Crippen molar-refractivity contribution in [3.63, 3.8) is 0 Å². The van der Waals surface area contributed by atoms with Crippen molar-refractivity contribution in [3.8, 4) is 0 Å². The number of piperazine rings is 2. The first-order valence-corrected chi connectivity index (χ1v) is 15.8. The number of esters is 2. The van der Waals surface area contributed by atoms with Gasteiger partial charge in [0.15, 0.2) is 0 Å². The highest BCUT2D eigenvalue weighted by Gasteiger charge is 2.27. The summed E-state index contributed by atoms with van der Waals surface area (Å²) in [6.45, 7) is 18.5. The lowest BCUT2D eigenvalue weighted by Crippen LogP contribution is -2.50. The van der Waals surface area contributed by atoms with Gasteiger partial charge in [0.2, 0.25) is 0 Å². The third-order valence-electron chi connectivity index (χ3n) is 6.45. The van der Waals surface area contributed by atoms with Gasteiger partial charge in [-0.1, -0.05) is 23.2 Å². The molecule has 1 N–H and O–H groups in total. The van der Waals surface area contributed by atoms with Crippen molar-refractivity contribution >= 4 is 77.7 Å². The van der Waals surface area contributed by atoms with E-state index in [2.05, 4.69) is 20.2 Å². The van der Waals surface area contributed by atoms with Crippen molar-refractivity contribution in [1.82, 2.24) is 20.2 Å². The standard InChI is InChI=1S/C18H26ClN3O4.C13H18ClN3O2.2ClH/c1-12(2)25-16(23)13-10-14(19)15(20-11-13)21-6-8-22(9-7-21)17(24)26-18(3,4)5;1-9(2)19-13(18)10-7-11(14)12(16-8-10)17-5-3-15-4-6-17;;/h10-12H,6-9H2,1-5H3;7-9,15H,3-6H2,1-2H3;2*1H. The van der Waals surface area contributed by atoms with Crippen LogP contribution in [0.3, 0.4) is 0 Å². The topological polar surface area (TPSA) is 126 Å². The molecule has 2 saturated heterocycles. The SMILES string of the molecule is CC(C)OC(=O)c1cnc(N2CCN(C(=O)OC(C)(C)C)CC2)c(Cl)c1.CC(C)OC(=O)c1cnc(N2CCNCC2)c(Cl)c1.Cl.Cl. The number of rotatable bonds is 6. The summed E-state index contributed by atoms with van der Waals surface area (Å²) in [4.78, 5) is 50.2. The number of hydrogen-bond donors (Lipinski definition) is 1. The van der Waals surface area contributed by atoms with Gasteiger partial charge in [0.1, 0.15) is 17.2 Å². The lowest BCUT2D eigenvalue weighted by molar-refractivity contribution is 0.0238. The van der Waals surface area contributed by atoms with Crippen LogP contribution in [-0.4, -0.2) is 103 Å². The van der Waals surface area contributed by atoms with Gasteiger partial charge in [-0.3, -0.25) is 0 Å². The van der Waals surface area contributed by atoms with Crippen LogP contribution in [-0.2, 0) is 14.2 Å². The van der Waals surface area contributed by atoms with Crippen LogP contribution >= 0.6 is 48.0 Å². The van der Waals surface area contributed by atoms with Crippen molar-refractivity contribution in [3.05, 3.63) is 45.7 Å². The number of halogens is 4. The van der Waals surface area contributed by atoms with Crippen molar-refractivity contribution in [2.75, 3.05) is 62.2 Å². The van der Waals surface area contributed by atoms with Crippen LogP contribution in [0.2, 0.25) is 10.0 Å². The van der Waals surface area contributed by atoms with E-state index in [9.17, 15) is 14.4 Å². The van der Waals surface area contributed by atoms with Gasteiger partial charge in [-0.05, 0) is 60.6 Å². The van der Waals surface area contributed by atoms with Gasteiger partial charge >= 0.3 is 18.0 Å². The van der Waals surface area contributed by atoms with Gasteiger partial charge in [0.05, 0.1) is 33.4 Å². The van der Waals surface area contributed by atoms with E-state index in [0.29, 0.717) is 53.2 Å². The first-order chi connectivity index (χ1) is 21.1. The van der Waals surface area contributed by atoms with E-state index in [1.54, 1.807) is 30.9 Å². The number of amides is 1. The third-order valence-corrected chi connectivity index (χ3v) is 7.00. The van der Waals surface area contributed by atoms with Crippen LogP contribution in [0.4, 0.5) is 16.4 Å². The second kappa shape index (κ2) is 19.3. The average Bonchev–Trinajstić information content (AvgIpc) is 2.96. The van der Waals surface area contributed by atoms with Crippen molar-refractivity contribution in [2.45, 2.75) is 66.3 Å². The van der Waals surface area contributed by atoms with Crippen LogP contribution < -0.4 is 15.1 Å². The fraction of sp³-hybridized carbons (Fsp3) is 0.581. The summed E-state index contributed by atoms with van der Waals surface area (Å²) in [5.74, 6) is 0.479. The highest BCUT2D eigenvalue weighted by molar-refractivity contribution is 6.33. The number of hydrogen-bond acceptors (Lipinski definition) is 11. The molecule has 0 saturated carbocycles. The minimum Gasteiger partial charge on any atom is -0.459 e. The zero-order valence-corrected chi connectivity index (χ0v) is 31.0. The molecule has 4 heterocycles. The first-order valence-electron chi connectivity index (χ1n) is 15.1. The van der Waals surface area contributed by atoms with Crippen molar-refractivity contribution in [2.24, 2.45) is 0 Å². The maximum Gasteiger partial charge on any atom is 0.410 e. The Morgan fingerprint density at radius 1 is 0.745 bits per heavy atom. The van der Waals surface area contributed by atoms with E-state index < -0.39 is 17.5 Å². The summed E-state index contributed by atoms with van der Waals surface area (Å²) in [7, 11) is 0. The molecule has 1 amide bonds. The molecule has 0 spiro atoms.